The number of aliphatic hydroxyl groups excluding tert-OH is 1. The molecule has 1 atom stereocenters. The molecule has 124 valence electrons. The molecule has 0 aliphatic rings. The fraction of sp³-hybridized carbons (Fsp3) is 0.250. The van der Waals surface area contributed by atoms with Gasteiger partial charge in [-0.25, -0.2) is 0 Å². The van der Waals surface area contributed by atoms with Gasteiger partial charge >= 0.3 is 0 Å². The lowest BCUT2D eigenvalue weighted by atomic mass is 10.1. The molecule has 3 N–H and O–H groups in total. The second-order valence-electron chi connectivity index (χ2n) is 6.20. The molecule has 0 saturated carbocycles. The van der Waals surface area contributed by atoms with Crippen LogP contribution in [0.3, 0.4) is 0 Å². The summed E-state index contributed by atoms with van der Waals surface area (Å²) >= 11 is 0. The first-order chi connectivity index (χ1) is 11.6. The summed E-state index contributed by atoms with van der Waals surface area (Å²) in [6, 6.07) is 16.3. The van der Waals surface area contributed by atoms with Gasteiger partial charge in [0.1, 0.15) is 0 Å². The van der Waals surface area contributed by atoms with E-state index in [9.17, 15) is 5.11 Å². The first kappa shape index (κ1) is 16.4. The number of aromatic amines is 1. The number of rotatable bonds is 6. The molecule has 0 spiro atoms. The highest BCUT2D eigenvalue weighted by Crippen LogP contribution is 2.21. The molecule has 4 nitrogen and oxygen atoms in total. The Labute approximate surface area is 142 Å². The van der Waals surface area contributed by atoms with Crippen LogP contribution < -0.4 is 5.32 Å². The predicted molar refractivity (Wildman–Crippen MR) is 96.6 cm³/mol. The molecular formula is C20H23N3O. The van der Waals surface area contributed by atoms with E-state index in [2.05, 4.69) is 46.7 Å². The van der Waals surface area contributed by atoms with Crippen molar-refractivity contribution in [3.63, 3.8) is 0 Å². The van der Waals surface area contributed by atoms with Gasteiger partial charge in [0.15, 0.2) is 0 Å². The van der Waals surface area contributed by atoms with Gasteiger partial charge < -0.3 is 10.4 Å². The quantitative estimate of drug-likeness (QED) is 0.651. The maximum atomic E-state index is 10.3. The number of aryl methyl sites for hydroxylation is 2. The largest absolute Gasteiger partial charge is 0.387 e. The molecule has 0 bridgehead atoms. The van der Waals surface area contributed by atoms with Crippen LogP contribution in [-0.2, 0) is 6.54 Å². The Morgan fingerprint density at radius 1 is 1.08 bits per heavy atom. The van der Waals surface area contributed by atoms with E-state index in [0.29, 0.717) is 13.1 Å². The zero-order valence-corrected chi connectivity index (χ0v) is 14.1. The van der Waals surface area contributed by atoms with Crippen LogP contribution in [0.15, 0.2) is 54.7 Å². The fourth-order valence-electron chi connectivity index (χ4n) is 2.75. The molecule has 0 aliphatic carbocycles. The summed E-state index contributed by atoms with van der Waals surface area (Å²) in [6.45, 7) is 5.26. The SMILES string of the molecule is Cc1ccc(-c2[nH]ncc2CNCC(O)c2cccc(C)c2)cc1. The summed E-state index contributed by atoms with van der Waals surface area (Å²) in [6.07, 6.45) is 1.32. The molecule has 3 rings (SSSR count). The van der Waals surface area contributed by atoms with Crippen molar-refractivity contribution in [2.24, 2.45) is 0 Å². The highest BCUT2D eigenvalue weighted by molar-refractivity contribution is 5.62. The average molecular weight is 321 g/mol. The Kier molecular flexibility index (Phi) is 5.08. The number of benzene rings is 2. The Balaban J connectivity index is 1.62. The smallest absolute Gasteiger partial charge is 0.0914 e. The summed E-state index contributed by atoms with van der Waals surface area (Å²) in [4.78, 5) is 0. The van der Waals surface area contributed by atoms with Crippen molar-refractivity contribution in [3.05, 3.63) is 77.0 Å². The van der Waals surface area contributed by atoms with Crippen molar-refractivity contribution < 1.29 is 5.11 Å². The molecule has 3 aromatic rings. The highest BCUT2D eigenvalue weighted by Gasteiger charge is 2.10. The van der Waals surface area contributed by atoms with Gasteiger partial charge in [-0.1, -0.05) is 59.7 Å². The molecule has 2 aromatic carbocycles. The monoisotopic (exact) mass is 321 g/mol. The molecule has 1 unspecified atom stereocenters. The average Bonchev–Trinajstić information content (AvgIpc) is 3.04. The normalized spacial score (nSPS) is 12.3. The minimum atomic E-state index is -0.514. The van der Waals surface area contributed by atoms with Crippen LogP contribution in [0.2, 0.25) is 0 Å². The number of nitrogens with one attached hydrogen (secondary N) is 2. The van der Waals surface area contributed by atoms with Crippen molar-refractivity contribution in [3.8, 4) is 11.3 Å². The first-order valence-corrected chi connectivity index (χ1v) is 8.18. The van der Waals surface area contributed by atoms with Gasteiger partial charge in [0, 0.05) is 18.7 Å². The summed E-state index contributed by atoms with van der Waals surface area (Å²) in [5.41, 5.74) is 6.56. The Hall–Kier alpha value is -2.43. The lowest BCUT2D eigenvalue weighted by Crippen LogP contribution is -2.21. The second-order valence-corrected chi connectivity index (χ2v) is 6.20. The van der Waals surface area contributed by atoms with Crippen LogP contribution in [0.5, 0.6) is 0 Å². The number of aromatic nitrogens is 2. The van der Waals surface area contributed by atoms with Gasteiger partial charge in [-0.2, -0.15) is 5.10 Å². The van der Waals surface area contributed by atoms with Gasteiger partial charge in [0.05, 0.1) is 18.0 Å². The van der Waals surface area contributed by atoms with E-state index in [1.165, 1.54) is 5.56 Å². The van der Waals surface area contributed by atoms with E-state index >= 15 is 0 Å². The van der Waals surface area contributed by atoms with E-state index in [4.69, 9.17) is 0 Å². The topological polar surface area (TPSA) is 60.9 Å². The number of aliphatic hydroxyl groups is 1. The Morgan fingerprint density at radius 2 is 1.88 bits per heavy atom. The number of hydrogen-bond acceptors (Lipinski definition) is 3. The van der Waals surface area contributed by atoms with E-state index < -0.39 is 6.10 Å². The molecule has 0 saturated heterocycles. The molecule has 24 heavy (non-hydrogen) atoms. The first-order valence-electron chi connectivity index (χ1n) is 8.18. The Bertz CT molecular complexity index is 793. The summed E-state index contributed by atoms with van der Waals surface area (Å²) < 4.78 is 0. The van der Waals surface area contributed by atoms with Gasteiger partial charge in [0.2, 0.25) is 0 Å². The third-order valence-electron chi connectivity index (χ3n) is 4.14. The standard InChI is InChI=1S/C20H23N3O/c1-14-6-8-16(9-7-14)20-18(12-22-23-20)11-21-13-19(24)17-5-3-4-15(2)10-17/h3-10,12,19,21,24H,11,13H2,1-2H3,(H,22,23). The van der Waals surface area contributed by atoms with Crippen LogP contribution >= 0.6 is 0 Å². The van der Waals surface area contributed by atoms with Crippen molar-refractivity contribution in [1.82, 2.24) is 15.5 Å². The van der Waals surface area contributed by atoms with E-state index in [1.54, 1.807) is 0 Å². The Morgan fingerprint density at radius 3 is 2.62 bits per heavy atom. The van der Waals surface area contributed by atoms with E-state index in [0.717, 1.165) is 27.9 Å². The van der Waals surface area contributed by atoms with Crippen molar-refractivity contribution in [2.45, 2.75) is 26.5 Å². The lowest BCUT2D eigenvalue weighted by molar-refractivity contribution is 0.174. The summed E-state index contributed by atoms with van der Waals surface area (Å²) in [5, 5.41) is 20.8. The molecule has 0 aliphatic heterocycles. The molecular weight excluding hydrogens is 298 g/mol. The molecule has 0 amide bonds. The predicted octanol–water partition coefficient (Wildman–Crippen LogP) is 3.52. The van der Waals surface area contributed by atoms with Gasteiger partial charge in [-0.05, 0) is 25.0 Å². The van der Waals surface area contributed by atoms with Crippen LogP contribution in [-0.4, -0.2) is 21.8 Å². The fourth-order valence-corrected chi connectivity index (χ4v) is 2.75. The van der Waals surface area contributed by atoms with Crippen molar-refractivity contribution in [2.75, 3.05) is 6.54 Å². The second kappa shape index (κ2) is 7.43. The molecule has 0 radical (unpaired) electrons. The zero-order valence-electron chi connectivity index (χ0n) is 14.1. The molecule has 0 fully saturated rings. The molecule has 1 heterocycles. The number of hydrogen-bond donors (Lipinski definition) is 3. The van der Waals surface area contributed by atoms with Crippen molar-refractivity contribution in [1.29, 1.82) is 0 Å². The molecule has 4 heteroatoms. The lowest BCUT2D eigenvalue weighted by Gasteiger charge is -2.13. The van der Waals surface area contributed by atoms with Crippen LogP contribution in [0.1, 0.15) is 28.4 Å². The molecule has 1 aromatic heterocycles. The maximum absolute atomic E-state index is 10.3. The maximum Gasteiger partial charge on any atom is 0.0914 e. The van der Waals surface area contributed by atoms with E-state index in [-0.39, 0.29) is 0 Å². The van der Waals surface area contributed by atoms with Crippen LogP contribution in [0.25, 0.3) is 11.3 Å². The van der Waals surface area contributed by atoms with Crippen LogP contribution in [0.4, 0.5) is 0 Å². The summed E-state index contributed by atoms with van der Waals surface area (Å²) in [7, 11) is 0. The van der Waals surface area contributed by atoms with Gasteiger partial charge in [-0.15, -0.1) is 0 Å². The zero-order chi connectivity index (χ0) is 16.9. The highest BCUT2D eigenvalue weighted by atomic mass is 16.3. The third-order valence-corrected chi connectivity index (χ3v) is 4.14. The third kappa shape index (κ3) is 3.91. The van der Waals surface area contributed by atoms with E-state index in [1.807, 2.05) is 37.4 Å². The minimum absolute atomic E-state index is 0.502. The van der Waals surface area contributed by atoms with Crippen LogP contribution in [0, 0.1) is 13.8 Å². The number of H-pyrrole nitrogens is 1. The van der Waals surface area contributed by atoms with Gasteiger partial charge in [0.25, 0.3) is 0 Å². The summed E-state index contributed by atoms with van der Waals surface area (Å²) in [5.74, 6) is 0. The van der Waals surface area contributed by atoms with Gasteiger partial charge in [-0.3, -0.25) is 5.10 Å². The minimum Gasteiger partial charge on any atom is -0.387 e. The number of nitrogens with zero attached hydrogens (tertiary/aromatic N) is 1. The van der Waals surface area contributed by atoms with Crippen molar-refractivity contribution >= 4 is 0 Å².